The number of carboxylic acid groups (broad SMARTS) is 1. The Bertz CT molecular complexity index is 754. The minimum Gasteiger partial charge on any atom is -0.481 e. The molecule has 0 fully saturated rings. The average Bonchev–Trinajstić information content (AvgIpc) is 3.11. The number of carbonyl (C=O) groups excluding carboxylic acids is 1. The van der Waals surface area contributed by atoms with Crippen molar-refractivity contribution in [3.05, 3.63) is 24.3 Å². The fourth-order valence-corrected chi connectivity index (χ4v) is 5.58. The highest BCUT2D eigenvalue weighted by atomic mass is 16.5. The standard InChI is InChI=1S/2C21H40O4/c1-2-3-4-5-6-7-8-9-10-11-12-13-14-15-16-17-21(24)25-19-20(23)18-22;22-19-20(23)17-15-13-11-9-7-5-3-1-2-4-6-8-10-12-14-16-18-21(24)25/h9-10,20,22-23H,2-8,11-19H2,1H3;2,4,20,22-23H,1,3,5-19H2,(H,24,25)/b10-9-;4-2-. The molecule has 0 aromatic heterocycles. The number of unbranched alkanes of at least 4 members (excludes halogenated alkanes) is 23. The number of rotatable bonds is 37. The zero-order valence-electron chi connectivity index (χ0n) is 32.3. The molecule has 0 rings (SSSR count). The summed E-state index contributed by atoms with van der Waals surface area (Å²) in [6, 6.07) is 0. The van der Waals surface area contributed by atoms with E-state index in [1.807, 2.05) is 0 Å². The maximum atomic E-state index is 11.4. The van der Waals surface area contributed by atoms with E-state index in [0.717, 1.165) is 70.6 Å². The predicted octanol–water partition coefficient (Wildman–Crippen LogP) is 10.1. The van der Waals surface area contributed by atoms with Gasteiger partial charge in [-0.15, -0.1) is 0 Å². The van der Waals surface area contributed by atoms with Gasteiger partial charge in [0.15, 0.2) is 0 Å². The van der Waals surface area contributed by atoms with Crippen molar-refractivity contribution in [3.63, 3.8) is 0 Å². The van der Waals surface area contributed by atoms with Crippen molar-refractivity contribution in [2.24, 2.45) is 0 Å². The van der Waals surface area contributed by atoms with Crippen molar-refractivity contribution in [1.82, 2.24) is 0 Å². The third-order valence-corrected chi connectivity index (χ3v) is 8.84. The van der Waals surface area contributed by atoms with Crippen LogP contribution in [-0.4, -0.2) is 69.5 Å². The number of hydrogen-bond donors (Lipinski definition) is 5. The number of aliphatic hydroxyl groups is 4. The highest BCUT2D eigenvalue weighted by Crippen LogP contribution is 2.13. The van der Waals surface area contributed by atoms with Crippen LogP contribution in [-0.2, 0) is 14.3 Å². The van der Waals surface area contributed by atoms with Gasteiger partial charge in [0.2, 0.25) is 0 Å². The summed E-state index contributed by atoms with van der Waals surface area (Å²) in [5.74, 6) is -0.967. The van der Waals surface area contributed by atoms with Crippen molar-refractivity contribution >= 4 is 11.9 Å². The molecule has 0 saturated carbocycles. The number of ether oxygens (including phenoxy) is 1. The van der Waals surface area contributed by atoms with E-state index in [0.29, 0.717) is 12.8 Å². The molecular weight excluding hydrogens is 632 g/mol. The largest absolute Gasteiger partial charge is 0.481 e. The van der Waals surface area contributed by atoms with Crippen molar-refractivity contribution in [1.29, 1.82) is 0 Å². The van der Waals surface area contributed by atoms with Crippen molar-refractivity contribution in [3.8, 4) is 0 Å². The molecule has 5 N–H and O–H groups in total. The van der Waals surface area contributed by atoms with Gasteiger partial charge < -0.3 is 30.3 Å². The summed E-state index contributed by atoms with van der Waals surface area (Å²) in [6.45, 7) is 1.66. The average molecular weight is 713 g/mol. The van der Waals surface area contributed by atoms with E-state index in [9.17, 15) is 14.7 Å². The number of carboxylic acids is 1. The summed E-state index contributed by atoms with van der Waals surface area (Å²) < 4.78 is 4.86. The van der Waals surface area contributed by atoms with Gasteiger partial charge in [-0.2, -0.15) is 0 Å². The summed E-state index contributed by atoms with van der Waals surface area (Å²) in [6.07, 6.45) is 41.5. The highest BCUT2D eigenvalue weighted by molar-refractivity contribution is 5.69. The van der Waals surface area contributed by atoms with Crippen molar-refractivity contribution in [2.75, 3.05) is 19.8 Å². The molecule has 8 heteroatoms. The summed E-state index contributed by atoms with van der Waals surface area (Å²) in [7, 11) is 0. The predicted molar refractivity (Wildman–Crippen MR) is 207 cm³/mol. The van der Waals surface area contributed by atoms with Crippen LogP contribution >= 0.6 is 0 Å². The first kappa shape index (κ1) is 50.4. The highest BCUT2D eigenvalue weighted by Gasteiger charge is 2.07. The molecule has 0 heterocycles. The second kappa shape index (κ2) is 43.4. The molecular formula is C42H80O8. The van der Waals surface area contributed by atoms with Crippen LogP contribution in [0.3, 0.4) is 0 Å². The second-order valence-corrected chi connectivity index (χ2v) is 13.9. The molecule has 0 saturated heterocycles. The monoisotopic (exact) mass is 713 g/mol. The zero-order chi connectivity index (χ0) is 37.2. The summed E-state index contributed by atoms with van der Waals surface area (Å²) in [5, 5.41) is 44.2. The normalized spacial score (nSPS) is 12.7. The molecule has 2 unspecified atom stereocenters. The molecule has 0 aliphatic rings. The van der Waals surface area contributed by atoms with Crippen LogP contribution in [0.2, 0.25) is 0 Å². The van der Waals surface area contributed by atoms with Gasteiger partial charge in [0, 0.05) is 12.8 Å². The maximum Gasteiger partial charge on any atom is 0.305 e. The molecule has 0 aromatic rings. The molecule has 296 valence electrons. The van der Waals surface area contributed by atoms with Crippen molar-refractivity contribution < 1.29 is 39.9 Å². The van der Waals surface area contributed by atoms with Gasteiger partial charge in [-0.25, -0.2) is 0 Å². The van der Waals surface area contributed by atoms with Gasteiger partial charge in [0.25, 0.3) is 0 Å². The molecule has 0 aliphatic heterocycles. The Labute approximate surface area is 307 Å². The number of allylic oxidation sites excluding steroid dienone is 4. The molecule has 2 atom stereocenters. The van der Waals surface area contributed by atoms with Gasteiger partial charge in [0.05, 0.1) is 19.3 Å². The molecule has 0 bridgehead atoms. The molecule has 0 spiro atoms. The first-order valence-electron chi connectivity index (χ1n) is 20.6. The summed E-state index contributed by atoms with van der Waals surface area (Å²) in [5.41, 5.74) is 0. The zero-order valence-corrected chi connectivity index (χ0v) is 32.3. The molecule has 0 aromatic carbocycles. The van der Waals surface area contributed by atoms with E-state index < -0.39 is 18.2 Å². The number of aliphatic hydroxyl groups excluding tert-OH is 4. The molecule has 0 amide bonds. The molecule has 0 radical (unpaired) electrons. The lowest BCUT2D eigenvalue weighted by Gasteiger charge is -2.08. The SMILES string of the molecule is CCCCCCCC/C=C\CCCCCCCC(=O)OCC(O)CO.O=C(O)CCCCCCC/C=C\CCCCCCCCCC(O)CO. The topological polar surface area (TPSA) is 145 Å². The lowest BCUT2D eigenvalue weighted by Crippen LogP contribution is -2.21. The van der Waals surface area contributed by atoms with Crippen LogP contribution < -0.4 is 0 Å². The maximum absolute atomic E-state index is 11.4. The van der Waals surface area contributed by atoms with Gasteiger partial charge in [-0.1, -0.05) is 140 Å². The minimum absolute atomic E-state index is 0.111. The smallest absolute Gasteiger partial charge is 0.305 e. The third kappa shape index (κ3) is 46.3. The van der Waals surface area contributed by atoms with E-state index >= 15 is 0 Å². The Kier molecular flexibility index (Phi) is 43.7. The van der Waals surface area contributed by atoms with Gasteiger partial charge in [-0.3, -0.25) is 9.59 Å². The van der Waals surface area contributed by atoms with Crippen LogP contribution in [0.5, 0.6) is 0 Å². The van der Waals surface area contributed by atoms with Crippen LogP contribution in [0.25, 0.3) is 0 Å². The lowest BCUT2D eigenvalue weighted by molar-refractivity contribution is -0.147. The lowest BCUT2D eigenvalue weighted by atomic mass is 10.1. The molecule has 0 aliphatic carbocycles. The third-order valence-electron chi connectivity index (χ3n) is 8.84. The Morgan fingerprint density at radius 1 is 0.500 bits per heavy atom. The van der Waals surface area contributed by atoms with E-state index in [4.69, 9.17) is 25.2 Å². The van der Waals surface area contributed by atoms with Crippen LogP contribution in [0.4, 0.5) is 0 Å². The van der Waals surface area contributed by atoms with E-state index in [1.165, 1.54) is 109 Å². The quantitative estimate of drug-likeness (QED) is 0.0243. The molecule has 8 nitrogen and oxygen atoms in total. The van der Waals surface area contributed by atoms with Crippen LogP contribution in [0.15, 0.2) is 24.3 Å². The Hall–Kier alpha value is -1.74. The Morgan fingerprint density at radius 2 is 0.860 bits per heavy atom. The number of hydrogen-bond acceptors (Lipinski definition) is 7. The Morgan fingerprint density at radius 3 is 1.26 bits per heavy atom. The van der Waals surface area contributed by atoms with Gasteiger partial charge >= 0.3 is 11.9 Å². The summed E-state index contributed by atoms with van der Waals surface area (Å²) >= 11 is 0. The number of esters is 1. The Balaban J connectivity index is 0. The van der Waals surface area contributed by atoms with Crippen LogP contribution in [0.1, 0.15) is 200 Å². The van der Waals surface area contributed by atoms with E-state index in [2.05, 4.69) is 31.2 Å². The minimum atomic E-state index is -0.960. The second-order valence-electron chi connectivity index (χ2n) is 13.9. The fourth-order valence-electron chi connectivity index (χ4n) is 5.58. The first-order chi connectivity index (χ1) is 24.4. The first-order valence-corrected chi connectivity index (χ1v) is 20.6. The number of aliphatic carboxylic acids is 1. The molecule has 50 heavy (non-hydrogen) atoms. The summed E-state index contributed by atoms with van der Waals surface area (Å²) in [4.78, 5) is 21.7. The number of carbonyl (C=O) groups is 2. The fraction of sp³-hybridized carbons (Fsp3) is 0.857. The van der Waals surface area contributed by atoms with Gasteiger partial charge in [-0.05, 0) is 70.6 Å². The van der Waals surface area contributed by atoms with E-state index in [1.54, 1.807) is 0 Å². The van der Waals surface area contributed by atoms with E-state index in [-0.39, 0.29) is 25.8 Å². The van der Waals surface area contributed by atoms with Crippen LogP contribution in [0, 0.1) is 0 Å². The van der Waals surface area contributed by atoms with Gasteiger partial charge in [0.1, 0.15) is 12.7 Å². The van der Waals surface area contributed by atoms with Crippen molar-refractivity contribution in [2.45, 2.75) is 212 Å².